The van der Waals surface area contributed by atoms with Crippen molar-refractivity contribution in [3.05, 3.63) is 36.2 Å². The van der Waals surface area contributed by atoms with Gasteiger partial charge in [-0.25, -0.2) is 17.5 Å². The number of sulfonamides is 1. The van der Waals surface area contributed by atoms with E-state index in [4.69, 9.17) is 0 Å². The molecule has 1 atom stereocenters. The van der Waals surface area contributed by atoms with E-state index in [0.717, 1.165) is 31.4 Å². The zero-order valence-electron chi connectivity index (χ0n) is 12.3. The van der Waals surface area contributed by atoms with E-state index in [2.05, 4.69) is 22.2 Å². The van der Waals surface area contributed by atoms with Crippen molar-refractivity contribution in [2.24, 2.45) is 5.92 Å². The molecule has 120 valence electrons. The molecule has 1 aromatic carbocycles. The molecule has 0 aromatic heterocycles. The van der Waals surface area contributed by atoms with Gasteiger partial charge >= 0.3 is 0 Å². The van der Waals surface area contributed by atoms with Crippen molar-refractivity contribution in [3.63, 3.8) is 0 Å². The van der Waals surface area contributed by atoms with E-state index in [9.17, 15) is 17.6 Å². The summed E-state index contributed by atoms with van der Waals surface area (Å²) in [6.45, 7) is 1.58. The third-order valence-corrected chi connectivity index (χ3v) is 4.92. The van der Waals surface area contributed by atoms with Crippen molar-refractivity contribution < 1.29 is 17.6 Å². The molecular formula is C15H19FN2O3S. The van der Waals surface area contributed by atoms with E-state index in [0.29, 0.717) is 6.54 Å². The molecule has 0 saturated heterocycles. The van der Waals surface area contributed by atoms with Crippen LogP contribution in [0.5, 0.6) is 0 Å². The molecule has 7 heteroatoms. The standard InChI is InChI=1S/C15H19FN2O3S/c1-11(19)18-15-9-13(7-8-14(15)16)22(20,21)17-10-12-5-3-2-4-6-12/h2-3,7-9,12,17H,4-6,10H2,1H3,(H,18,19)/t12-/m0/s1. The number of benzene rings is 1. The van der Waals surface area contributed by atoms with Gasteiger partial charge in [0.25, 0.3) is 0 Å². The van der Waals surface area contributed by atoms with Crippen molar-refractivity contribution in [2.75, 3.05) is 11.9 Å². The van der Waals surface area contributed by atoms with E-state index < -0.39 is 21.7 Å². The first kappa shape index (κ1) is 16.6. The van der Waals surface area contributed by atoms with Crippen LogP contribution in [0, 0.1) is 11.7 Å². The highest BCUT2D eigenvalue weighted by atomic mass is 32.2. The molecule has 5 nitrogen and oxygen atoms in total. The van der Waals surface area contributed by atoms with Gasteiger partial charge in [-0.1, -0.05) is 12.2 Å². The van der Waals surface area contributed by atoms with Crippen LogP contribution in [-0.2, 0) is 14.8 Å². The number of carbonyl (C=O) groups is 1. The van der Waals surface area contributed by atoms with Gasteiger partial charge in [0.05, 0.1) is 10.6 Å². The number of rotatable bonds is 5. The molecule has 1 aliphatic rings. The highest BCUT2D eigenvalue weighted by molar-refractivity contribution is 7.89. The Morgan fingerprint density at radius 1 is 1.36 bits per heavy atom. The predicted octanol–water partition coefficient (Wildman–Crippen LogP) is 2.42. The Bertz CT molecular complexity index is 686. The minimum absolute atomic E-state index is 0.0657. The highest BCUT2D eigenvalue weighted by Crippen LogP contribution is 2.21. The maximum absolute atomic E-state index is 13.6. The number of carbonyl (C=O) groups excluding carboxylic acids is 1. The fourth-order valence-electron chi connectivity index (χ4n) is 2.31. The number of halogens is 1. The van der Waals surface area contributed by atoms with Crippen LogP contribution in [0.2, 0.25) is 0 Å². The van der Waals surface area contributed by atoms with E-state index in [-0.39, 0.29) is 16.5 Å². The predicted molar refractivity (Wildman–Crippen MR) is 82.4 cm³/mol. The molecule has 2 rings (SSSR count). The number of anilines is 1. The number of amides is 1. The molecule has 0 spiro atoms. The van der Waals surface area contributed by atoms with Crippen LogP contribution < -0.4 is 10.0 Å². The van der Waals surface area contributed by atoms with Crippen LogP contribution in [0.1, 0.15) is 26.2 Å². The molecule has 0 unspecified atom stereocenters. The fourth-order valence-corrected chi connectivity index (χ4v) is 3.45. The molecule has 1 amide bonds. The molecule has 1 aliphatic carbocycles. The summed E-state index contributed by atoms with van der Waals surface area (Å²) in [5.74, 6) is -0.864. The molecule has 0 heterocycles. The van der Waals surface area contributed by atoms with E-state index >= 15 is 0 Å². The molecule has 0 aliphatic heterocycles. The average molecular weight is 326 g/mol. The Kier molecular flexibility index (Phi) is 5.31. The van der Waals surface area contributed by atoms with Crippen LogP contribution in [0.3, 0.4) is 0 Å². The normalized spacial score (nSPS) is 18.2. The summed E-state index contributed by atoms with van der Waals surface area (Å²) in [5.41, 5.74) is -0.143. The quantitative estimate of drug-likeness (QED) is 0.816. The molecule has 0 fully saturated rings. The first-order valence-corrected chi connectivity index (χ1v) is 8.58. The van der Waals surface area contributed by atoms with Gasteiger partial charge in [0, 0.05) is 13.5 Å². The van der Waals surface area contributed by atoms with Crippen molar-refractivity contribution >= 4 is 21.6 Å². The van der Waals surface area contributed by atoms with Gasteiger partial charge in [0.15, 0.2) is 0 Å². The number of hydrogen-bond acceptors (Lipinski definition) is 3. The lowest BCUT2D eigenvalue weighted by Gasteiger charge is -2.18. The van der Waals surface area contributed by atoms with Gasteiger partial charge in [0.2, 0.25) is 15.9 Å². The lowest BCUT2D eigenvalue weighted by atomic mass is 9.95. The lowest BCUT2D eigenvalue weighted by Crippen LogP contribution is -2.30. The summed E-state index contributed by atoms with van der Waals surface area (Å²) in [6.07, 6.45) is 6.89. The third-order valence-electron chi connectivity index (χ3n) is 3.50. The summed E-state index contributed by atoms with van der Waals surface area (Å²) in [6, 6.07) is 3.34. The summed E-state index contributed by atoms with van der Waals surface area (Å²) in [4.78, 5) is 10.9. The zero-order valence-corrected chi connectivity index (χ0v) is 13.1. The van der Waals surface area contributed by atoms with Crippen LogP contribution >= 0.6 is 0 Å². The van der Waals surface area contributed by atoms with Crippen LogP contribution in [0.25, 0.3) is 0 Å². The lowest BCUT2D eigenvalue weighted by molar-refractivity contribution is -0.114. The molecule has 0 bridgehead atoms. The molecule has 0 radical (unpaired) electrons. The van der Waals surface area contributed by atoms with Gasteiger partial charge in [0.1, 0.15) is 5.82 Å². The van der Waals surface area contributed by atoms with Crippen molar-refractivity contribution in [3.8, 4) is 0 Å². The third kappa shape index (κ3) is 4.38. The first-order valence-electron chi connectivity index (χ1n) is 7.10. The summed E-state index contributed by atoms with van der Waals surface area (Å²) in [7, 11) is -3.73. The van der Waals surface area contributed by atoms with Crippen molar-refractivity contribution in [2.45, 2.75) is 31.1 Å². The Balaban J connectivity index is 2.11. The minimum Gasteiger partial charge on any atom is -0.324 e. The monoisotopic (exact) mass is 326 g/mol. The van der Waals surface area contributed by atoms with Crippen LogP contribution in [0.4, 0.5) is 10.1 Å². The average Bonchev–Trinajstić information content (AvgIpc) is 2.48. The smallest absolute Gasteiger partial charge is 0.240 e. The molecule has 22 heavy (non-hydrogen) atoms. The molecular weight excluding hydrogens is 307 g/mol. The van der Waals surface area contributed by atoms with E-state index in [1.807, 2.05) is 0 Å². The second-order valence-corrected chi connectivity index (χ2v) is 7.09. The highest BCUT2D eigenvalue weighted by Gasteiger charge is 2.19. The summed E-state index contributed by atoms with van der Waals surface area (Å²) >= 11 is 0. The minimum atomic E-state index is -3.73. The summed E-state index contributed by atoms with van der Waals surface area (Å²) < 4.78 is 40.6. The van der Waals surface area contributed by atoms with E-state index in [1.54, 1.807) is 0 Å². The fraction of sp³-hybridized carbons (Fsp3) is 0.400. The summed E-state index contributed by atoms with van der Waals surface area (Å²) in [5, 5.41) is 2.28. The first-order chi connectivity index (χ1) is 10.4. The van der Waals surface area contributed by atoms with Gasteiger partial charge in [-0.2, -0.15) is 0 Å². The zero-order chi connectivity index (χ0) is 16.2. The molecule has 2 N–H and O–H groups in total. The van der Waals surface area contributed by atoms with Crippen molar-refractivity contribution in [1.29, 1.82) is 0 Å². The van der Waals surface area contributed by atoms with Gasteiger partial charge in [-0.15, -0.1) is 0 Å². The van der Waals surface area contributed by atoms with Crippen molar-refractivity contribution in [1.82, 2.24) is 4.72 Å². The van der Waals surface area contributed by atoms with Crippen LogP contribution in [0.15, 0.2) is 35.2 Å². The molecule has 1 aromatic rings. The number of allylic oxidation sites excluding steroid dienone is 2. The Morgan fingerprint density at radius 3 is 2.77 bits per heavy atom. The second-order valence-electron chi connectivity index (χ2n) is 5.33. The maximum Gasteiger partial charge on any atom is 0.240 e. The molecule has 0 saturated carbocycles. The van der Waals surface area contributed by atoms with E-state index in [1.165, 1.54) is 13.0 Å². The number of nitrogens with one attached hydrogen (secondary N) is 2. The Morgan fingerprint density at radius 2 is 2.14 bits per heavy atom. The largest absolute Gasteiger partial charge is 0.324 e. The number of hydrogen-bond donors (Lipinski definition) is 2. The topological polar surface area (TPSA) is 75.3 Å². The van der Waals surface area contributed by atoms with Crippen LogP contribution in [-0.4, -0.2) is 20.9 Å². The Labute approximate surface area is 129 Å². The van der Waals surface area contributed by atoms with Gasteiger partial charge in [-0.3, -0.25) is 4.79 Å². The second kappa shape index (κ2) is 7.02. The van der Waals surface area contributed by atoms with Gasteiger partial charge < -0.3 is 5.32 Å². The Hall–Kier alpha value is -1.73. The maximum atomic E-state index is 13.6. The van der Waals surface area contributed by atoms with Gasteiger partial charge in [-0.05, 0) is 43.4 Å². The SMILES string of the molecule is CC(=O)Nc1cc(S(=O)(=O)NC[C@H]2CC=CCC2)ccc1F.